The molecule has 0 radical (unpaired) electrons. The summed E-state index contributed by atoms with van der Waals surface area (Å²) in [6.45, 7) is 7.38. The van der Waals surface area contributed by atoms with Gasteiger partial charge in [-0.25, -0.2) is 0 Å². The van der Waals surface area contributed by atoms with E-state index in [1.54, 1.807) is 0 Å². The summed E-state index contributed by atoms with van der Waals surface area (Å²) in [5.41, 5.74) is -0.145. The first-order valence-corrected chi connectivity index (χ1v) is 4.14. The van der Waals surface area contributed by atoms with Crippen LogP contribution in [0.1, 0.15) is 26.7 Å². The molecule has 66 valence electrons. The molecule has 1 rings (SSSR count). The topological polar surface area (TPSA) is 34.1 Å². The third kappa shape index (κ3) is 1.63. The van der Waals surface area contributed by atoms with Gasteiger partial charge in [0.1, 0.15) is 11.6 Å². The molecule has 0 unspecified atom stereocenters. The van der Waals surface area contributed by atoms with Gasteiger partial charge in [-0.15, -0.1) is 6.58 Å². The number of hydrogen-bond acceptors (Lipinski definition) is 2. The first kappa shape index (κ1) is 9.17. The molecule has 0 aromatic heterocycles. The van der Waals surface area contributed by atoms with Gasteiger partial charge in [-0.05, 0) is 5.41 Å². The number of hydrogen-bond donors (Lipinski definition) is 0. The predicted molar refractivity (Wildman–Crippen MR) is 46.7 cm³/mol. The van der Waals surface area contributed by atoms with Crippen LogP contribution < -0.4 is 0 Å². The maximum atomic E-state index is 11.4. The van der Waals surface area contributed by atoms with Gasteiger partial charge in [0.15, 0.2) is 0 Å². The van der Waals surface area contributed by atoms with E-state index in [2.05, 4.69) is 6.58 Å². The van der Waals surface area contributed by atoms with E-state index < -0.39 is 5.92 Å². The fourth-order valence-electron chi connectivity index (χ4n) is 1.67. The van der Waals surface area contributed by atoms with E-state index in [1.165, 1.54) is 6.08 Å². The van der Waals surface area contributed by atoms with Gasteiger partial charge in [0.25, 0.3) is 0 Å². The van der Waals surface area contributed by atoms with Crippen molar-refractivity contribution >= 4 is 11.6 Å². The lowest BCUT2D eigenvalue weighted by atomic mass is 9.72. The second-order valence-electron chi connectivity index (χ2n) is 4.16. The molecule has 2 heteroatoms. The monoisotopic (exact) mass is 166 g/mol. The smallest absolute Gasteiger partial charge is 0.147 e. The second kappa shape index (κ2) is 2.85. The molecule has 0 aliphatic heterocycles. The number of allylic oxidation sites excluding steroid dienone is 1. The van der Waals surface area contributed by atoms with Crippen LogP contribution in [-0.4, -0.2) is 11.6 Å². The lowest BCUT2D eigenvalue weighted by Gasteiger charge is -2.30. The third-order valence-corrected chi connectivity index (χ3v) is 2.24. The highest BCUT2D eigenvalue weighted by atomic mass is 16.2. The molecule has 0 saturated heterocycles. The van der Waals surface area contributed by atoms with E-state index in [0.717, 1.165) is 0 Å². The SMILES string of the molecule is C=CC1C(=O)CC(C)(C)CC1=O. The van der Waals surface area contributed by atoms with Crippen molar-refractivity contribution in [3.63, 3.8) is 0 Å². The summed E-state index contributed by atoms with van der Waals surface area (Å²) in [6, 6.07) is 0. The molecular formula is C10H14O2. The van der Waals surface area contributed by atoms with Crippen molar-refractivity contribution in [3.05, 3.63) is 12.7 Å². The Balaban J connectivity index is 2.84. The lowest BCUT2D eigenvalue weighted by Crippen LogP contribution is -2.36. The van der Waals surface area contributed by atoms with E-state index in [1.807, 2.05) is 13.8 Å². The second-order valence-corrected chi connectivity index (χ2v) is 4.16. The average Bonchev–Trinajstić information content (AvgIpc) is 1.82. The van der Waals surface area contributed by atoms with Gasteiger partial charge in [-0.3, -0.25) is 9.59 Å². The van der Waals surface area contributed by atoms with Crippen LogP contribution in [0.4, 0.5) is 0 Å². The molecule has 0 spiro atoms. The van der Waals surface area contributed by atoms with Crippen LogP contribution in [0.3, 0.4) is 0 Å². The summed E-state index contributed by atoms with van der Waals surface area (Å²) >= 11 is 0. The molecule has 0 atom stereocenters. The average molecular weight is 166 g/mol. The van der Waals surface area contributed by atoms with Gasteiger partial charge < -0.3 is 0 Å². The third-order valence-electron chi connectivity index (χ3n) is 2.24. The minimum atomic E-state index is -0.530. The molecule has 1 aliphatic carbocycles. The van der Waals surface area contributed by atoms with E-state index in [9.17, 15) is 9.59 Å². The van der Waals surface area contributed by atoms with Crippen molar-refractivity contribution in [3.8, 4) is 0 Å². The number of carbonyl (C=O) groups excluding carboxylic acids is 2. The van der Waals surface area contributed by atoms with Crippen LogP contribution in [0.5, 0.6) is 0 Å². The number of carbonyl (C=O) groups is 2. The summed E-state index contributed by atoms with van der Waals surface area (Å²) in [6.07, 6.45) is 2.45. The summed E-state index contributed by atoms with van der Waals surface area (Å²) in [4.78, 5) is 22.7. The van der Waals surface area contributed by atoms with Crippen molar-refractivity contribution in [1.82, 2.24) is 0 Å². The summed E-state index contributed by atoms with van der Waals surface area (Å²) in [5, 5.41) is 0. The highest BCUT2D eigenvalue weighted by Crippen LogP contribution is 2.33. The van der Waals surface area contributed by atoms with Gasteiger partial charge in [-0.1, -0.05) is 19.9 Å². The molecular weight excluding hydrogens is 152 g/mol. The Morgan fingerprint density at radius 3 is 2.08 bits per heavy atom. The molecule has 0 bridgehead atoms. The van der Waals surface area contributed by atoms with Crippen molar-refractivity contribution in [2.45, 2.75) is 26.7 Å². The molecule has 0 aromatic carbocycles. The Kier molecular flexibility index (Phi) is 2.18. The van der Waals surface area contributed by atoms with Crippen LogP contribution in [0, 0.1) is 11.3 Å². The summed E-state index contributed by atoms with van der Waals surface area (Å²) < 4.78 is 0. The van der Waals surface area contributed by atoms with E-state index in [0.29, 0.717) is 12.8 Å². The van der Waals surface area contributed by atoms with Gasteiger partial charge in [0, 0.05) is 12.8 Å². The zero-order valence-corrected chi connectivity index (χ0v) is 7.59. The van der Waals surface area contributed by atoms with Crippen LogP contribution in [-0.2, 0) is 9.59 Å². The standard InChI is InChI=1S/C10H14O2/c1-4-7-8(11)5-10(2,3)6-9(7)12/h4,7H,1,5-6H2,2-3H3. The fraction of sp³-hybridized carbons (Fsp3) is 0.600. The molecule has 0 aromatic rings. The first-order valence-electron chi connectivity index (χ1n) is 4.14. The van der Waals surface area contributed by atoms with Gasteiger partial charge >= 0.3 is 0 Å². The largest absolute Gasteiger partial charge is 0.299 e. The summed E-state index contributed by atoms with van der Waals surface area (Å²) in [5.74, 6) is -0.490. The normalized spacial score (nSPS) is 24.2. The molecule has 1 aliphatic rings. The van der Waals surface area contributed by atoms with Crippen molar-refractivity contribution in [1.29, 1.82) is 0 Å². The van der Waals surface area contributed by atoms with Gasteiger partial charge in [0.05, 0.1) is 5.92 Å². The summed E-state index contributed by atoms with van der Waals surface area (Å²) in [7, 11) is 0. The molecule has 12 heavy (non-hydrogen) atoms. The van der Waals surface area contributed by atoms with Crippen molar-refractivity contribution in [2.75, 3.05) is 0 Å². The van der Waals surface area contributed by atoms with Crippen LogP contribution >= 0.6 is 0 Å². The highest BCUT2D eigenvalue weighted by molar-refractivity contribution is 6.06. The highest BCUT2D eigenvalue weighted by Gasteiger charge is 2.37. The predicted octanol–water partition coefficient (Wildman–Crippen LogP) is 1.75. The van der Waals surface area contributed by atoms with E-state index in [4.69, 9.17) is 0 Å². The number of ketones is 2. The molecule has 0 heterocycles. The maximum Gasteiger partial charge on any atom is 0.147 e. The molecule has 2 nitrogen and oxygen atoms in total. The lowest BCUT2D eigenvalue weighted by molar-refractivity contribution is -0.137. The van der Waals surface area contributed by atoms with E-state index in [-0.39, 0.29) is 17.0 Å². The van der Waals surface area contributed by atoms with Gasteiger partial charge in [-0.2, -0.15) is 0 Å². The Morgan fingerprint density at radius 2 is 1.75 bits per heavy atom. The van der Waals surface area contributed by atoms with Crippen LogP contribution in [0.25, 0.3) is 0 Å². The van der Waals surface area contributed by atoms with Crippen molar-refractivity contribution < 1.29 is 9.59 Å². The Morgan fingerprint density at radius 1 is 1.33 bits per heavy atom. The number of rotatable bonds is 1. The molecule has 1 saturated carbocycles. The molecule has 1 fully saturated rings. The zero-order chi connectivity index (χ0) is 9.35. The molecule has 0 N–H and O–H groups in total. The Bertz CT molecular complexity index is 218. The maximum absolute atomic E-state index is 11.4. The molecule has 0 amide bonds. The Labute approximate surface area is 72.7 Å². The zero-order valence-electron chi connectivity index (χ0n) is 7.59. The van der Waals surface area contributed by atoms with Crippen molar-refractivity contribution in [2.24, 2.45) is 11.3 Å². The minimum Gasteiger partial charge on any atom is -0.299 e. The quantitative estimate of drug-likeness (QED) is 0.439. The van der Waals surface area contributed by atoms with Gasteiger partial charge in [0.2, 0.25) is 0 Å². The number of Topliss-reactive ketones (excluding diaryl/α,β-unsaturated/α-hetero) is 2. The Hall–Kier alpha value is -0.920. The first-order chi connectivity index (χ1) is 5.46. The van der Waals surface area contributed by atoms with Crippen LogP contribution in [0.15, 0.2) is 12.7 Å². The van der Waals surface area contributed by atoms with E-state index >= 15 is 0 Å². The minimum absolute atomic E-state index is 0.0197. The van der Waals surface area contributed by atoms with Crippen LogP contribution in [0.2, 0.25) is 0 Å². The fourth-order valence-corrected chi connectivity index (χ4v) is 1.67.